The molecule has 3 atom stereocenters. The van der Waals surface area contributed by atoms with Crippen LogP contribution in [0.2, 0.25) is 0 Å². The lowest BCUT2D eigenvalue weighted by atomic mass is 10.1. The Morgan fingerprint density at radius 2 is 1.38 bits per heavy atom. The zero-order valence-electron chi connectivity index (χ0n) is 20.4. The van der Waals surface area contributed by atoms with Crippen LogP contribution in [0, 0.1) is 13.8 Å². The van der Waals surface area contributed by atoms with Crippen molar-refractivity contribution in [2.45, 2.75) is 38.7 Å². The van der Waals surface area contributed by atoms with Crippen molar-refractivity contribution in [1.82, 2.24) is 15.0 Å². The van der Waals surface area contributed by atoms with E-state index in [-0.39, 0.29) is 18.5 Å². The molecule has 9 heteroatoms. The number of benzene rings is 2. The van der Waals surface area contributed by atoms with Crippen LogP contribution in [0.3, 0.4) is 0 Å². The van der Waals surface area contributed by atoms with E-state index in [0.29, 0.717) is 22.2 Å². The first-order chi connectivity index (χ1) is 17.9. The van der Waals surface area contributed by atoms with E-state index in [1.807, 2.05) is 38.1 Å². The molecular formula is C28H25N3O6. The highest BCUT2D eigenvalue weighted by Crippen LogP contribution is 2.31. The highest BCUT2D eigenvalue weighted by atomic mass is 16.6. The first-order valence-corrected chi connectivity index (χ1v) is 11.9. The van der Waals surface area contributed by atoms with Gasteiger partial charge in [0.1, 0.15) is 29.8 Å². The fourth-order valence-electron chi connectivity index (χ4n) is 4.03. The fraction of sp³-hybridized carbons (Fsp3) is 0.250. The van der Waals surface area contributed by atoms with Gasteiger partial charge >= 0.3 is 11.9 Å². The van der Waals surface area contributed by atoms with E-state index in [1.165, 1.54) is 16.9 Å². The molecule has 37 heavy (non-hydrogen) atoms. The molecule has 3 aromatic carbocycles. The van der Waals surface area contributed by atoms with Gasteiger partial charge in [-0.25, -0.2) is 9.59 Å². The van der Waals surface area contributed by atoms with Crippen molar-refractivity contribution in [1.29, 1.82) is 0 Å². The van der Waals surface area contributed by atoms with Gasteiger partial charge in [-0.3, -0.25) is 4.79 Å². The summed E-state index contributed by atoms with van der Waals surface area (Å²) in [6.07, 6.45) is -1.84. The van der Waals surface area contributed by atoms with Gasteiger partial charge in [-0.15, -0.1) is 0 Å². The molecule has 0 saturated carbocycles. The summed E-state index contributed by atoms with van der Waals surface area (Å²) in [7, 11) is 0. The minimum Gasteiger partial charge on any atom is -0.459 e. The minimum atomic E-state index is -0.729. The highest BCUT2D eigenvalue weighted by molar-refractivity contribution is 5.90. The molecule has 0 bridgehead atoms. The Morgan fingerprint density at radius 1 is 0.838 bits per heavy atom. The number of ether oxygens (including phenoxy) is 3. The summed E-state index contributed by atoms with van der Waals surface area (Å²) >= 11 is 0. The summed E-state index contributed by atoms with van der Waals surface area (Å²) < 4.78 is 17.4. The van der Waals surface area contributed by atoms with Crippen LogP contribution in [0.25, 0.3) is 11.0 Å². The summed E-state index contributed by atoms with van der Waals surface area (Å²) in [6, 6.07) is 20.1. The molecule has 1 aromatic heterocycles. The molecule has 0 spiro atoms. The van der Waals surface area contributed by atoms with Crippen LogP contribution >= 0.6 is 0 Å². The molecule has 1 fully saturated rings. The largest absolute Gasteiger partial charge is 0.459 e. The van der Waals surface area contributed by atoms with E-state index in [0.717, 1.165) is 11.1 Å². The molecule has 4 aromatic rings. The van der Waals surface area contributed by atoms with Gasteiger partial charge in [0.05, 0.1) is 11.1 Å². The van der Waals surface area contributed by atoms with Crippen LogP contribution in [0.15, 0.2) is 77.6 Å². The number of carbonyl (C=O) groups is 2. The average Bonchev–Trinajstić information content (AvgIpc) is 3.44. The number of hydrogen-bond acceptors (Lipinski definition) is 8. The van der Waals surface area contributed by atoms with E-state index in [9.17, 15) is 14.4 Å². The average molecular weight is 500 g/mol. The zero-order valence-corrected chi connectivity index (χ0v) is 20.4. The summed E-state index contributed by atoms with van der Waals surface area (Å²) in [5, 5.41) is 8.87. The number of carbonyl (C=O) groups excluding carboxylic acids is 2. The smallest absolute Gasteiger partial charge is 0.338 e. The predicted octanol–water partition coefficient (Wildman–Crippen LogP) is 3.78. The van der Waals surface area contributed by atoms with Gasteiger partial charge in [0.15, 0.2) is 11.7 Å². The monoisotopic (exact) mass is 499 g/mol. The molecule has 1 aliphatic heterocycles. The number of rotatable bonds is 6. The topological polar surface area (TPSA) is 110 Å². The summed E-state index contributed by atoms with van der Waals surface area (Å²) in [5.74, 6) is -1.00. The minimum absolute atomic E-state index is 0.121. The van der Waals surface area contributed by atoms with Gasteiger partial charge in [0, 0.05) is 6.42 Å². The van der Waals surface area contributed by atoms with Crippen molar-refractivity contribution in [2.75, 3.05) is 6.61 Å². The normalized spacial score (nSPS) is 19.0. The maximum absolute atomic E-state index is 12.8. The maximum Gasteiger partial charge on any atom is 0.338 e. The second-order valence-electron chi connectivity index (χ2n) is 9.00. The Labute approximate surface area is 212 Å². The Morgan fingerprint density at radius 3 is 1.95 bits per heavy atom. The zero-order chi connectivity index (χ0) is 25.9. The van der Waals surface area contributed by atoms with Crippen molar-refractivity contribution < 1.29 is 23.8 Å². The lowest BCUT2D eigenvalue weighted by Gasteiger charge is -2.19. The lowest BCUT2D eigenvalue weighted by molar-refractivity contribution is -0.0633. The third kappa shape index (κ3) is 5.57. The van der Waals surface area contributed by atoms with E-state index >= 15 is 0 Å². The summed E-state index contributed by atoms with van der Waals surface area (Å²) in [5.41, 5.74) is 3.77. The standard InChI is InChI=1S/C28H25N3O6/c1-17-3-7-19(8-4-17)27(33)35-16-25-24(37-28(34)20-9-5-18(2)6-10-20)15-26(36-25)31-29-22-13-11-21(32)12-14-23(22)30-31/h3-14,24-26H,15-16H2,1-2H3/t24-,25+,26+/m0/s1. The van der Waals surface area contributed by atoms with Gasteiger partial charge in [-0.1, -0.05) is 35.4 Å². The van der Waals surface area contributed by atoms with E-state index in [1.54, 1.807) is 36.4 Å². The first kappa shape index (κ1) is 24.3. The fourth-order valence-corrected chi connectivity index (χ4v) is 4.03. The van der Waals surface area contributed by atoms with E-state index < -0.39 is 30.4 Å². The molecule has 0 unspecified atom stereocenters. The van der Waals surface area contributed by atoms with Crippen molar-refractivity contribution in [3.63, 3.8) is 0 Å². The molecule has 188 valence electrons. The number of hydrogen-bond donors (Lipinski definition) is 0. The molecule has 0 amide bonds. The number of nitrogens with zero attached hydrogens (tertiary/aromatic N) is 3. The molecule has 0 aliphatic carbocycles. The third-order valence-electron chi connectivity index (χ3n) is 6.14. The summed E-state index contributed by atoms with van der Waals surface area (Å²) in [4.78, 5) is 38.4. The quantitative estimate of drug-likeness (QED) is 0.369. The van der Waals surface area contributed by atoms with Crippen LogP contribution < -0.4 is 5.43 Å². The Balaban J connectivity index is 1.35. The molecule has 9 nitrogen and oxygen atoms in total. The molecule has 1 saturated heterocycles. The number of fused-ring (bicyclic) bond motifs is 1. The van der Waals surface area contributed by atoms with Crippen molar-refractivity contribution in [3.8, 4) is 0 Å². The molecular weight excluding hydrogens is 474 g/mol. The molecule has 1 aliphatic rings. The van der Waals surface area contributed by atoms with Gasteiger partial charge in [0.25, 0.3) is 0 Å². The Hall–Kier alpha value is -4.37. The summed E-state index contributed by atoms with van der Waals surface area (Å²) in [6.45, 7) is 3.74. The van der Waals surface area contributed by atoms with Crippen LogP contribution in [-0.4, -0.2) is 45.7 Å². The number of aryl methyl sites for hydroxylation is 2. The molecule has 2 heterocycles. The predicted molar refractivity (Wildman–Crippen MR) is 134 cm³/mol. The van der Waals surface area contributed by atoms with Gasteiger partial charge in [-0.05, 0) is 62.4 Å². The number of esters is 2. The van der Waals surface area contributed by atoms with Crippen molar-refractivity contribution >= 4 is 23.0 Å². The van der Waals surface area contributed by atoms with Crippen LogP contribution in [0.5, 0.6) is 0 Å². The molecule has 5 rings (SSSR count). The van der Waals surface area contributed by atoms with E-state index in [4.69, 9.17) is 14.2 Å². The SMILES string of the molecule is Cc1ccc(C(=O)OC[C@H]2O[C@@H](n3nc4ccc(=O)ccc4n3)C[C@@H]2OC(=O)c2ccc(C)cc2)cc1. The van der Waals surface area contributed by atoms with Crippen molar-refractivity contribution in [2.24, 2.45) is 0 Å². The van der Waals surface area contributed by atoms with Gasteiger partial charge in [-0.2, -0.15) is 15.0 Å². The van der Waals surface area contributed by atoms with Gasteiger partial charge in [0.2, 0.25) is 0 Å². The van der Waals surface area contributed by atoms with E-state index in [2.05, 4.69) is 10.2 Å². The first-order valence-electron chi connectivity index (χ1n) is 11.9. The molecule has 0 radical (unpaired) electrons. The third-order valence-corrected chi connectivity index (χ3v) is 6.14. The lowest BCUT2D eigenvalue weighted by Crippen LogP contribution is -2.32. The van der Waals surface area contributed by atoms with Crippen molar-refractivity contribution in [3.05, 3.63) is 105 Å². The van der Waals surface area contributed by atoms with Crippen LogP contribution in [-0.2, 0) is 14.2 Å². The van der Waals surface area contributed by atoms with Gasteiger partial charge < -0.3 is 14.2 Å². The maximum atomic E-state index is 12.8. The van der Waals surface area contributed by atoms with Crippen LogP contribution in [0.4, 0.5) is 0 Å². The Kier molecular flexibility index (Phi) is 6.78. The number of aromatic nitrogens is 3. The highest BCUT2D eigenvalue weighted by Gasteiger charge is 2.41. The Bertz CT molecular complexity index is 1460. The second kappa shape index (κ2) is 10.3. The second-order valence-corrected chi connectivity index (χ2v) is 9.00. The van der Waals surface area contributed by atoms with Crippen LogP contribution in [0.1, 0.15) is 44.5 Å². The molecule has 0 N–H and O–H groups in total.